The van der Waals surface area contributed by atoms with Crippen molar-refractivity contribution in [1.82, 2.24) is 4.90 Å². The molecule has 1 aliphatic rings. The predicted octanol–water partition coefficient (Wildman–Crippen LogP) is 3.50. The Morgan fingerprint density at radius 2 is 1.95 bits per heavy atom. The van der Waals surface area contributed by atoms with Gasteiger partial charge in [-0.05, 0) is 55.2 Å². The number of hydrogen-bond acceptors (Lipinski definition) is 3. The molecule has 5 heteroatoms. The Kier molecular flexibility index (Phi) is 4.47. The van der Waals surface area contributed by atoms with E-state index in [-0.39, 0.29) is 0 Å². The Bertz CT molecular complexity index is 774. The summed E-state index contributed by atoms with van der Waals surface area (Å²) in [5.41, 5.74) is 5.62. The van der Waals surface area contributed by atoms with Crippen molar-refractivity contribution in [2.45, 2.75) is 20.8 Å². The molecule has 1 N–H and O–H groups in total. The molecule has 0 aliphatic carbocycles. The van der Waals surface area contributed by atoms with Crippen molar-refractivity contribution in [3.8, 4) is 0 Å². The maximum Gasteiger partial charge on any atom is 0.229 e. The summed E-state index contributed by atoms with van der Waals surface area (Å²) >= 11 is 0. The molecule has 1 aromatic carbocycles. The predicted molar refractivity (Wildman–Crippen MR) is 92.9 cm³/mol. The van der Waals surface area contributed by atoms with Gasteiger partial charge in [0.2, 0.25) is 10.0 Å². The van der Waals surface area contributed by atoms with Crippen molar-refractivity contribution in [1.29, 1.82) is 0 Å². The van der Waals surface area contributed by atoms with Crippen LogP contribution in [0.15, 0.2) is 48.3 Å². The molecule has 4 nitrogen and oxygen atoms in total. The van der Waals surface area contributed by atoms with Gasteiger partial charge in [0.05, 0.1) is 11.9 Å². The fraction of sp³-hybridized carbons (Fsp3) is 0.294. The smallest absolute Gasteiger partial charge is 0.229 e. The van der Waals surface area contributed by atoms with Crippen LogP contribution >= 0.6 is 0 Å². The number of allylic oxidation sites excluding steroid dienone is 3. The Morgan fingerprint density at radius 1 is 1.27 bits per heavy atom. The van der Waals surface area contributed by atoms with Crippen molar-refractivity contribution in [2.75, 3.05) is 17.5 Å². The number of nitrogens with one attached hydrogen (secondary N) is 1. The zero-order valence-corrected chi connectivity index (χ0v) is 14.3. The SMILES string of the molecule is C=C1C(C)=CC(c2ccc(C)c(NS(C)(=O)=O)c2)=CN1CC. The average molecular weight is 318 g/mol. The normalized spacial score (nSPS) is 15.5. The fourth-order valence-corrected chi connectivity index (χ4v) is 3.00. The Hall–Kier alpha value is -2.01. The van der Waals surface area contributed by atoms with Gasteiger partial charge in [0.25, 0.3) is 0 Å². The molecule has 1 aliphatic heterocycles. The number of rotatable bonds is 4. The van der Waals surface area contributed by atoms with Crippen molar-refractivity contribution in [3.63, 3.8) is 0 Å². The van der Waals surface area contributed by atoms with Gasteiger partial charge in [-0.3, -0.25) is 4.72 Å². The molecule has 0 bridgehead atoms. The lowest BCUT2D eigenvalue weighted by Crippen LogP contribution is -2.19. The minimum absolute atomic E-state index is 0.611. The summed E-state index contributed by atoms with van der Waals surface area (Å²) in [5, 5.41) is 0. The van der Waals surface area contributed by atoms with E-state index in [1.807, 2.05) is 38.2 Å². The van der Waals surface area contributed by atoms with Crippen LogP contribution in [0.1, 0.15) is 25.0 Å². The van der Waals surface area contributed by atoms with Crippen LogP contribution < -0.4 is 4.72 Å². The van der Waals surface area contributed by atoms with Crippen molar-refractivity contribution >= 4 is 21.3 Å². The molecular formula is C17H22N2O2S. The number of hydrogen-bond donors (Lipinski definition) is 1. The number of nitrogens with zero attached hydrogens (tertiary/aromatic N) is 1. The second-order valence-corrected chi connectivity index (χ2v) is 7.30. The van der Waals surface area contributed by atoms with Gasteiger partial charge in [0.15, 0.2) is 0 Å². The lowest BCUT2D eigenvalue weighted by molar-refractivity contribution is 0.499. The summed E-state index contributed by atoms with van der Waals surface area (Å²) in [5.74, 6) is 0. The van der Waals surface area contributed by atoms with E-state index in [1.165, 1.54) is 0 Å². The first-order chi connectivity index (χ1) is 10.2. The number of anilines is 1. The van der Waals surface area contributed by atoms with Gasteiger partial charge < -0.3 is 4.90 Å². The maximum absolute atomic E-state index is 11.5. The van der Waals surface area contributed by atoms with Crippen LogP contribution in [0.2, 0.25) is 0 Å². The molecule has 0 fully saturated rings. The van der Waals surface area contributed by atoms with E-state index in [9.17, 15) is 8.42 Å². The molecule has 0 spiro atoms. The van der Waals surface area contributed by atoms with E-state index in [2.05, 4.69) is 29.2 Å². The van der Waals surface area contributed by atoms with Gasteiger partial charge in [-0.2, -0.15) is 0 Å². The number of likely N-dealkylation sites (N-methyl/N-ethyl adjacent to an activating group) is 1. The maximum atomic E-state index is 11.5. The quantitative estimate of drug-likeness (QED) is 0.924. The molecule has 0 aromatic heterocycles. The highest BCUT2D eigenvalue weighted by molar-refractivity contribution is 7.92. The molecule has 0 saturated carbocycles. The van der Waals surface area contributed by atoms with Crippen LogP contribution in [0, 0.1) is 6.92 Å². The van der Waals surface area contributed by atoms with Gasteiger partial charge in [-0.25, -0.2) is 8.42 Å². The van der Waals surface area contributed by atoms with E-state index in [1.54, 1.807) is 0 Å². The zero-order chi connectivity index (χ0) is 16.5. The Balaban J connectivity index is 2.45. The van der Waals surface area contributed by atoms with E-state index in [0.717, 1.165) is 40.8 Å². The minimum Gasteiger partial charge on any atom is -0.348 e. The van der Waals surface area contributed by atoms with Gasteiger partial charge >= 0.3 is 0 Å². The summed E-state index contributed by atoms with van der Waals surface area (Å²) in [6, 6.07) is 5.79. The molecule has 1 aromatic rings. The van der Waals surface area contributed by atoms with Crippen LogP contribution in [0.25, 0.3) is 5.57 Å². The molecule has 0 radical (unpaired) electrons. The lowest BCUT2D eigenvalue weighted by Gasteiger charge is -2.27. The standard InChI is InChI=1S/C17H22N2O2S/c1-6-19-11-16(9-13(3)14(19)4)15-8-7-12(2)17(10-15)18-22(5,20)21/h7-11,18H,4,6H2,1-3,5H3. The minimum atomic E-state index is -3.29. The third-order valence-electron chi connectivity index (χ3n) is 3.68. The van der Waals surface area contributed by atoms with Crippen molar-refractivity contribution < 1.29 is 8.42 Å². The van der Waals surface area contributed by atoms with E-state index in [4.69, 9.17) is 0 Å². The fourth-order valence-electron chi connectivity index (χ4n) is 2.38. The second-order valence-electron chi connectivity index (χ2n) is 5.55. The van der Waals surface area contributed by atoms with E-state index in [0.29, 0.717) is 5.69 Å². The summed E-state index contributed by atoms with van der Waals surface area (Å²) in [6.45, 7) is 10.9. The molecule has 22 heavy (non-hydrogen) atoms. The number of aryl methyl sites for hydroxylation is 1. The molecule has 1 heterocycles. The highest BCUT2D eigenvalue weighted by atomic mass is 32.2. The van der Waals surface area contributed by atoms with Crippen LogP contribution in [-0.4, -0.2) is 26.1 Å². The highest BCUT2D eigenvalue weighted by Gasteiger charge is 2.14. The Morgan fingerprint density at radius 3 is 2.55 bits per heavy atom. The topological polar surface area (TPSA) is 49.4 Å². The Labute approximate surface area is 132 Å². The first-order valence-electron chi connectivity index (χ1n) is 7.16. The first-order valence-corrected chi connectivity index (χ1v) is 9.05. The highest BCUT2D eigenvalue weighted by Crippen LogP contribution is 2.30. The van der Waals surface area contributed by atoms with Crippen LogP contribution in [0.4, 0.5) is 5.69 Å². The van der Waals surface area contributed by atoms with Crippen LogP contribution in [0.5, 0.6) is 0 Å². The van der Waals surface area contributed by atoms with Crippen molar-refractivity contribution in [2.24, 2.45) is 0 Å². The number of benzene rings is 1. The van der Waals surface area contributed by atoms with Crippen molar-refractivity contribution in [3.05, 3.63) is 59.5 Å². The first kappa shape index (κ1) is 16.4. The second kappa shape index (κ2) is 6.01. The summed E-state index contributed by atoms with van der Waals surface area (Å²) in [7, 11) is -3.29. The molecule has 118 valence electrons. The summed E-state index contributed by atoms with van der Waals surface area (Å²) < 4.78 is 25.5. The molecule has 0 saturated heterocycles. The average Bonchev–Trinajstić information content (AvgIpc) is 2.42. The van der Waals surface area contributed by atoms with Gasteiger partial charge in [0.1, 0.15) is 0 Å². The van der Waals surface area contributed by atoms with Crippen LogP contribution in [0.3, 0.4) is 0 Å². The van der Waals surface area contributed by atoms with Gasteiger partial charge in [-0.1, -0.05) is 18.7 Å². The van der Waals surface area contributed by atoms with Gasteiger partial charge in [0, 0.05) is 18.4 Å². The van der Waals surface area contributed by atoms with Crippen LogP contribution in [-0.2, 0) is 10.0 Å². The number of sulfonamides is 1. The monoisotopic (exact) mass is 318 g/mol. The lowest BCUT2D eigenvalue weighted by atomic mass is 9.98. The molecular weight excluding hydrogens is 296 g/mol. The summed E-state index contributed by atoms with van der Waals surface area (Å²) in [4.78, 5) is 2.09. The molecule has 0 unspecified atom stereocenters. The summed E-state index contributed by atoms with van der Waals surface area (Å²) in [6.07, 6.45) is 5.28. The van der Waals surface area contributed by atoms with Gasteiger partial charge in [-0.15, -0.1) is 0 Å². The van der Waals surface area contributed by atoms with E-state index < -0.39 is 10.0 Å². The van der Waals surface area contributed by atoms with E-state index >= 15 is 0 Å². The molecule has 0 amide bonds. The third kappa shape index (κ3) is 3.60. The third-order valence-corrected chi connectivity index (χ3v) is 4.27. The molecule has 0 atom stereocenters. The molecule has 2 rings (SSSR count). The largest absolute Gasteiger partial charge is 0.348 e. The zero-order valence-electron chi connectivity index (χ0n) is 13.5.